The van der Waals surface area contributed by atoms with Crippen LogP contribution in [0.25, 0.3) is 11.4 Å². The molecule has 1 atom stereocenters. The van der Waals surface area contributed by atoms with E-state index in [0.717, 1.165) is 31.4 Å². The number of carboxylic acid groups (broad SMARTS) is 1. The zero-order valence-electron chi connectivity index (χ0n) is 17.4. The summed E-state index contributed by atoms with van der Waals surface area (Å²) in [6.45, 7) is 0.716. The molecule has 1 aliphatic carbocycles. The van der Waals surface area contributed by atoms with Crippen LogP contribution < -0.4 is 10.0 Å². The van der Waals surface area contributed by atoms with Gasteiger partial charge in [-0.1, -0.05) is 19.3 Å². The maximum Gasteiger partial charge on any atom is 0.407 e. The zero-order chi connectivity index (χ0) is 22.0. The summed E-state index contributed by atoms with van der Waals surface area (Å²) in [6.07, 6.45) is 5.31. The monoisotopic (exact) mass is 449 g/mol. The number of hydrogen-bond donors (Lipinski definition) is 3. The fourth-order valence-electron chi connectivity index (χ4n) is 4.18. The van der Waals surface area contributed by atoms with Crippen molar-refractivity contribution in [2.75, 3.05) is 25.5 Å². The number of tetrazole rings is 1. The third kappa shape index (κ3) is 4.64. The molecule has 0 radical (unpaired) electrons. The first-order chi connectivity index (χ1) is 14.9. The molecule has 31 heavy (non-hydrogen) atoms. The zero-order valence-corrected chi connectivity index (χ0v) is 18.2. The van der Waals surface area contributed by atoms with E-state index in [1.54, 1.807) is 18.2 Å². The van der Waals surface area contributed by atoms with Gasteiger partial charge in [0.1, 0.15) is 0 Å². The molecule has 0 bridgehead atoms. The molecular weight excluding hydrogens is 422 g/mol. The Labute approximate surface area is 180 Å². The number of hydrogen-bond acceptors (Lipinski definition) is 7. The summed E-state index contributed by atoms with van der Waals surface area (Å²) in [6, 6.07) is 4.98. The van der Waals surface area contributed by atoms with Crippen LogP contribution in [0, 0.1) is 0 Å². The molecule has 2 aliphatic rings. The average molecular weight is 450 g/mol. The molecule has 1 aromatic carbocycles. The van der Waals surface area contributed by atoms with Gasteiger partial charge in [-0.25, -0.2) is 17.9 Å². The molecule has 3 N–H and O–H groups in total. The summed E-state index contributed by atoms with van der Waals surface area (Å²) in [4.78, 5) is 14.1. The summed E-state index contributed by atoms with van der Waals surface area (Å²) in [7, 11) is -2.27. The van der Waals surface area contributed by atoms with Crippen LogP contribution in [-0.4, -0.2) is 70.9 Å². The highest BCUT2D eigenvalue weighted by molar-refractivity contribution is 7.89. The van der Waals surface area contributed by atoms with Gasteiger partial charge in [0.15, 0.2) is 0 Å². The van der Waals surface area contributed by atoms with Crippen LogP contribution in [0.15, 0.2) is 23.1 Å². The first-order valence-electron chi connectivity index (χ1n) is 10.5. The van der Waals surface area contributed by atoms with Gasteiger partial charge in [-0.2, -0.15) is 4.80 Å². The number of sulfonamides is 1. The van der Waals surface area contributed by atoms with Crippen LogP contribution in [0.2, 0.25) is 0 Å². The van der Waals surface area contributed by atoms with Crippen molar-refractivity contribution in [3.8, 4) is 11.4 Å². The molecule has 1 saturated heterocycles. The molecule has 12 heteroatoms. The Balaban J connectivity index is 1.65. The highest BCUT2D eigenvalue weighted by Gasteiger charge is 2.29. The summed E-state index contributed by atoms with van der Waals surface area (Å²) in [5.74, 6) is 0.306. The van der Waals surface area contributed by atoms with E-state index >= 15 is 0 Å². The fraction of sp³-hybridized carbons (Fsp3) is 0.579. The third-order valence-corrected chi connectivity index (χ3v) is 7.38. The number of benzene rings is 1. The molecule has 1 aliphatic heterocycles. The molecule has 2 aromatic rings. The Kier molecular flexibility index (Phi) is 6.10. The molecule has 1 saturated carbocycles. The van der Waals surface area contributed by atoms with E-state index in [9.17, 15) is 18.3 Å². The van der Waals surface area contributed by atoms with Gasteiger partial charge >= 0.3 is 6.09 Å². The minimum Gasteiger partial charge on any atom is -0.465 e. The normalized spacial score (nSPS) is 20.2. The second-order valence-electron chi connectivity index (χ2n) is 8.00. The SMILES string of the molecule is CNS(=O)(=O)c1ccc(NC2CCCCC2)c(-c2nnn(C3CCN(C(=O)O)C3)n2)c1. The lowest BCUT2D eigenvalue weighted by Gasteiger charge is -2.25. The van der Waals surface area contributed by atoms with Crippen LogP contribution in [-0.2, 0) is 10.0 Å². The van der Waals surface area contributed by atoms with Crippen molar-refractivity contribution in [3.05, 3.63) is 18.2 Å². The van der Waals surface area contributed by atoms with Crippen molar-refractivity contribution in [1.29, 1.82) is 0 Å². The van der Waals surface area contributed by atoms with Crippen LogP contribution in [0.5, 0.6) is 0 Å². The van der Waals surface area contributed by atoms with Crippen molar-refractivity contribution < 1.29 is 18.3 Å². The number of aromatic nitrogens is 4. The molecular formula is C19H27N7O4S. The number of nitrogens with zero attached hydrogens (tertiary/aromatic N) is 5. The predicted molar refractivity (Wildman–Crippen MR) is 113 cm³/mol. The van der Waals surface area contributed by atoms with Gasteiger partial charge in [0.05, 0.1) is 10.9 Å². The highest BCUT2D eigenvalue weighted by Crippen LogP contribution is 2.31. The van der Waals surface area contributed by atoms with Crippen molar-refractivity contribution in [2.45, 2.75) is 55.5 Å². The van der Waals surface area contributed by atoms with Gasteiger partial charge in [-0.3, -0.25) is 0 Å². The number of anilines is 1. The van der Waals surface area contributed by atoms with E-state index in [1.807, 2.05) is 0 Å². The van der Waals surface area contributed by atoms with Gasteiger partial charge in [0, 0.05) is 30.4 Å². The van der Waals surface area contributed by atoms with Crippen LogP contribution in [0.1, 0.15) is 44.6 Å². The summed E-state index contributed by atoms with van der Waals surface area (Å²) >= 11 is 0. The number of amides is 1. The van der Waals surface area contributed by atoms with Crippen LogP contribution >= 0.6 is 0 Å². The van der Waals surface area contributed by atoms with Gasteiger partial charge in [-0.05, 0) is 49.7 Å². The second kappa shape index (κ2) is 8.79. The van der Waals surface area contributed by atoms with E-state index in [1.165, 1.54) is 23.2 Å². The number of rotatable bonds is 6. The molecule has 2 heterocycles. The Bertz CT molecular complexity index is 1050. The van der Waals surface area contributed by atoms with E-state index < -0.39 is 16.1 Å². The van der Waals surface area contributed by atoms with Gasteiger partial charge in [0.2, 0.25) is 15.8 Å². The average Bonchev–Trinajstić information content (AvgIpc) is 3.44. The molecule has 11 nitrogen and oxygen atoms in total. The van der Waals surface area contributed by atoms with Crippen LogP contribution in [0.3, 0.4) is 0 Å². The lowest BCUT2D eigenvalue weighted by molar-refractivity contribution is 0.153. The minimum atomic E-state index is -3.64. The molecule has 1 unspecified atom stereocenters. The predicted octanol–water partition coefficient (Wildman–Crippen LogP) is 1.92. The number of carbonyl (C=O) groups is 1. The summed E-state index contributed by atoms with van der Waals surface area (Å²) in [5.41, 5.74) is 1.32. The first kappa shape index (κ1) is 21.5. The molecule has 4 rings (SSSR count). The smallest absolute Gasteiger partial charge is 0.407 e. The van der Waals surface area contributed by atoms with Crippen molar-refractivity contribution >= 4 is 21.8 Å². The first-order valence-corrected chi connectivity index (χ1v) is 12.0. The Morgan fingerprint density at radius 2 is 1.97 bits per heavy atom. The van der Waals surface area contributed by atoms with Crippen molar-refractivity contribution in [2.24, 2.45) is 0 Å². The lowest BCUT2D eigenvalue weighted by atomic mass is 9.95. The lowest BCUT2D eigenvalue weighted by Crippen LogP contribution is -2.27. The van der Waals surface area contributed by atoms with Gasteiger partial charge in [0.25, 0.3) is 0 Å². The largest absolute Gasteiger partial charge is 0.465 e. The Morgan fingerprint density at radius 1 is 1.19 bits per heavy atom. The maximum atomic E-state index is 12.3. The molecule has 1 amide bonds. The third-order valence-electron chi connectivity index (χ3n) is 5.96. The Hall–Kier alpha value is -2.73. The van der Waals surface area contributed by atoms with Crippen LogP contribution in [0.4, 0.5) is 10.5 Å². The minimum absolute atomic E-state index is 0.119. The van der Waals surface area contributed by atoms with Gasteiger partial charge < -0.3 is 15.3 Å². The molecule has 2 fully saturated rings. The van der Waals surface area contributed by atoms with Crippen molar-refractivity contribution in [3.63, 3.8) is 0 Å². The van der Waals surface area contributed by atoms with Crippen molar-refractivity contribution in [1.82, 2.24) is 29.8 Å². The van der Waals surface area contributed by atoms with E-state index in [4.69, 9.17) is 0 Å². The highest BCUT2D eigenvalue weighted by atomic mass is 32.2. The maximum absolute atomic E-state index is 12.3. The molecule has 168 valence electrons. The standard InChI is InChI=1S/C19H27N7O4S/c1-20-31(29,30)15-7-8-17(21-13-5-3-2-4-6-13)16(11-15)18-22-24-26(23-18)14-9-10-25(12-14)19(27)28/h7-8,11,13-14,20-21H,2-6,9-10,12H2,1H3,(H,27,28). The van der Waals surface area contributed by atoms with E-state index in [-0.39, 0.29) is 10.9 Å². The van der Waals surface area contributed by atoms with E-state index in [2.05, 4.69) is 25.4 Å². The topological polar surface area (TPSA) is 142 Å². The van der Waals surface area contributed by atoms with E-state index in [0.29, 0.717) is 36.9 Å². The summed E-state index contributed by atoms with van der Waals surface area (Å²) in [5, 5.41) is 25.5. The molecule has 0 spiro atoms. The Morgan fingerprint density at radius 3 is 2.65 bits per heavy atom. The quantitative estimate of drug-likeness (QED) is 0.607. The number of nitrogens with one attached hydrogen (secondary N) is 2. The molecule has 1 aromatic heterocycles. The second-order valence-corrected chi connectivity index (χ2v) is 9.89. The summed E-state index contributed by atoms with van der Waals surface area (Å²) < 4.78 is 27.0. The fourth-order valence-corrected chi connectivity index (χ4v) is 4.93. The van der Waals surface area contributed by atoms with Gasteiger partial charge in [-0.15, -0.1) is 10.2 Å². The number of likely N-dealkylation sites (tertiary alicyclic amines) is 1.